The molecule has 0 radical (unpaired) electrons. The van der Waals surface area contributed by atoms with Crippen molar-refractivity contribution in [2.24, 2.45) is 0 Å². The normalized spacial score (nSPS) is 35.4. The van der Waals surface area contributed by atoms with Crippen LogP contribution in [0.3, 0.4) is 0 Å². The van der Waals surface area contributed by atoms with E-state index in [-0.39, 0.29) is 0 Å². The Morgan fingerprint density at radius 2 is 1.62 bits per heavy atom. The van der Waals surface area contributed by atoms with Crippen LogP contribution in [0.15, 0.2) is 36.5 Å². The Morgan fingerprint density at radius 3 is 2.29 bits per heavy atom. The number of imidazole rings is 1. The van der Waals surface area contributed by atoms with Crippen molar-refractivity contribution >= 4 is 0 Å². The number of rotatable bonds is 3. The molecule has 2 bridgehead atoms. The van der Waals surface area contributed by atoms with Gasteiger partial charge in [0.15, 0.2) is 0 Å². The molecule has 2 N–H and O–H groups in total. The quantitative estimate of drug-likeness (QED) is 0.881. The highest BCUT2D eigenvalue weighted by molar-refractivity contribution is 5.32. The van der Waals surface area contributed by atoms with Gasteiger partial charge in [0, 0.05) is 17.3 Å². The zero-order valence-electron chi connectivity index (χ0n) is 14.4. The Hall–Kier alpha value is -1.61. The molecule has 0 spiro atoms. The number of hydrogen-bond donors (Lipinski definition) is 2. The van der Waals surface area contributed by atoms with E-state index in [9.17, 15) is 0 Å². The molecule has 4 fully saturated rings. The first-order valence-corrected chi connectivity index (χ1v) is 9.64. The molecule has 1 aromatic heterocycles. The lowest BCUT2D eigenvalue weighted by Crippen LogP contribution is -2.46. The van der Waals surface area contributed by atoms with Crippen molar-refractivity contribution in [1.29, 1.82) is 0 Å². The van der Waals surface area contributed by atoms with Crippen molar-refractivity contribution in [2.75, 3.05) is 6.54 Å². The smallest absolute Gasteiger partial charge is 0.123 e. The molecule has 3 aliphatic carbocycles. The van der Waals surface area contributed by atoms with Crippen molar-refractivity contribution in [3.05, 3.63) is 53.6 Å². The second kappa shape index (κ2) is 5.45. The molecule has 2 heterocycles. The Labute approximate surface area is 144 Å². The topological polar surface area (TPSA) is 40.7 Å². The molecule has 3 saturated carbocycles. The summed E-state index contributed by atoms with van der Waals surface area (Å²) in [6.07, 6.45) is 12.5. The fourth-order valence-corrected chi connectivity index (χ4v) is 5.52. The number of nitrogens with zero attached hydrogens (tertiary/aromatic N) is 1. The van der Waals surface area contributed by atoms with Crippen LogP contribution in [-0.4, -0.2) is 16.5 Å². The lowest BCUT2D eigenvalue weighted by molar-refractivity contribution is 0.0989. The van der Waals surface area contributed by atoms with Crippen LogP contribution >= 0.6 is 0 Å². The lowest BCUT2D eigenvalue weighted by Gasteiger charge is -2.53. The van der Waals surface area contributed by atoms with Crippen molar-refractivity contribution in [3.8, 4) is 0 Å². The average molecular weight is 321 g/mol. The Morgan fingerprint density at radius 1 is 0.917 bits per heavy atom. The Bertz CT molecular complexity index is 687. The molecule has 0 amide bonds. The van der Waals surface area contributed by atoms with E-state index < -0.39 is 0 Å². The third-order valence-corrected chi connectivity index (χ3v) is 7.19. The van der Waals surface area contributed by atoms with Crippen molar-refractivity contribution in [3.63, 3.8) is 0 Å². The molecule has 2 aromatic rings. The molecule has 3 heteroatoms. The Kier molecular flexibility index (Phi) is 3.34. The third-order valence-electron chi connectivity index (χ3n) is 7.19. The molecule has 1 aromatic carbocycles. The maximum atomic E-state index is 4.74. The summed E-state index contributed by atoms with van der Waals surface area (Å²) in [6.45, 7) is 1.13. The first-order chi connectivity index (χ1) is 11.8. The molecule has 0 unspecified atom stereocenters. The summed E-state index contributed by atoms with van der Waals surface area (Å²) < 4.78 is 0. The highest BCUT2D eigenvalue weighted by Gasteiger charge is 2.50. The van der Waals surface area contributed by atoms with Gasteiger partial charge in [-0.2, -0.15) is 0 Å². The largest absolute Gasteiger partial charge is 0.344 e. The van der Waals surface area contributed by atoms with Gasteiger partial charge in [0.05, 0.1) is 6.04 Å². The van der Waals surface area contributed by atoms with Gasteiger partial charge >= 0.3 is 0 Å². The predicted octanol–water partition coefficient (Wildman–Crippen LogP) is 4.38. The number of nitrogens with one attached hydrogen (secondary N) is 2. The summed E-state index contributed by atoms with van der Waals surface area (Å²) >= 11 is 0. The van der Waals surface area contributed by atoms with E-state index in [2.05, 4.69) is 46.8 Å². The van der Waals surface area contributed by atoms with Crippen molar-refractivity contribution in [1.82, 2.24) is 15.3 Å². The molecular formula is C21H27N3. The number of benzene rings is 1. The van der Waals surface area contributed by atoms with Crippen molar-refractivity contribution in [2.45, 2.75) is 68.2 Å². The van der Waals surface area contributed by atoms with Gasteiger partial charge in [0.25, 0.3) is 0 Å². The number of aromatic amines is 1. The van der Waals surface area contributed by atoms with Gasteiger partial charge < -0.3 is 10.3 Å². The Balaban J connectivity index is 1.38. The van der Waals surface area contributed by atoms with Gasteiger partial charge in [-0.15, -0.1) is 0 Å². The minimum absolute atomic E-state index is 0.361. The molecule has 4 aliphatic rings. The maximum Gasteiger partial charge on any atom is 0.123 e. The van der Waals surface area contributed by atoms with Crippen LogP contribution in [0.25, 0.3) is 0 Å². The third kappa shape index (κ3) is 2.17. The van der Waals surface area contributed by atoms with Crippen LogP contribution in [0.5, 0.6) is 0 Å². The van der Waals surface area contributed by atoms with E-state index in [1.165, 1.54) is 62.9 Å². The molecule has 24 heavy (non-hydrogen) atoms. The van der Waals surface area contributed by atoms with Gasteiger partial charge in [-0.3, -0.25) is 0 Å². The number of aromatic nitrogens is 2. The molecule has 3 nitrogen and oxygen atoms in total. The zero-order chi connectivity index (χ0) is 16.0. The second-order valence-corrected chi connectivity index (χ2v) is 8.26. The molecule has 126 valence electrons. The number of H-pyrrole nitrogens is 1. The predicted molar refractivity (Wildman–Crippen MR) is 96.1 cm³/mol. The fraction of sp³-hybridized carbons (Fsp3) is 0.571. The van der Waals surface area contributed by atoms with E-state index >= 15 is 0 Å². The summed E-state index contributed by atoms with van der Waals surface area (Å²) in [5.74, 6) is 1.17. The van der Waals surface area contributed by atoms with Gasteiger partial charge in [-0.25, -0.2) is 4.98 Å². The maximum absolute atomic E-state index is 4.74. The number of fused-ring (bicyclic) bond motifs is 3. The van der Waals surface area contributed by atoms with Crippen LogP contribution in [0.1, 0.15) is 74.5 Å². The van der Waals surface area contributed by atoms with E-state index in [4.69, 9.17) is 4.98 Å². The minimum atomic E-state index is 0.361. The standard InChI is InChI=1S/C21H27N3/c1-2-5-16(6-3-1)20-8-11-21(12-9-20,13-10-20)18-15-23-19(24-18)17-7-4-14-22-17/h1-3,5-6,15,17,22H,4,7-14H2,(H,23,24)/t17-,20?,21?/m0/s1. The van der Waals surface area contributed by atoms with Gasteiger partial charge in [-0.1, -0.05) is 30.3 Å². The van der Waals surface area contributed by atoms with Crippen LogP contribution in [0.2, 0.25) is 0 Å². The highest BCUT2D eigenvalue weighted by Crippen LogP contribution is 2.58. The van der Waals surface area contributed by atoms with E-state index in [0.717, 1.165) is 6.54 Å². The average Bonchev–Trinajstić information content (AvgIpc) is 3.36. The van der Waals surface area contributed by atoms with Crippen LogP contribution in [0.4, 0.5) is 0 Å². The minimum Gasteiger partial charge on any atom is -0.344 e. The lowest BCUT2D eigenvalue weighted by atomic mass is 9.51. The van der Waals surface area contributed by atoms with Gasteiger partial charge in [0.1, 0.15) is 5.82 Å². The van der Waals surface area contributed by atoms with Crippen molar-refractivity contribution < 1.29 is 0 Å². The van der Waals surface area contributed by atoms with Crippen LogP contribution in [-0.2, 0) is 10.8 Å². The fourth-order valence-electron chi connectivity index (χ4n) is 5.52. The first-order valence-electron chi connectivity index (χ1n) is 9.64. The van der Waals surface area contributed by atoms with E-state index in [1.54, 1.807) is 5.56 Å². The summed E-state index contributed by atoms with van der Waals surface area (Å²) in [6, 6.07) is 11.7. The molecular weight excluding hydrogens is 294 g/mol. The molecule has 1 atom stereocenters. The van der Waals surface area contributed by atoms with E-state index in [1.807, 2.05) is 0 Å². The molecule has 6 rings (SSSR count). The van der Waals surface area contributed by atoms with Gasteiger partial charge in [0.2, 0.25) is 0 Å². The summed E-state index contributed by atoms with van der Waals surface area (Å²) in [7, 11) is 0. The zero-order valence-corrected chi connectivity index (χ0v) is 14.4. The van der Waals surface area contributed by atoms with Crippen LogP contribution in [0, 0.1) is 0 Å². The SMILES string of the molecule is c1ccc(C23CCC(c4cnc([C@@H]5CCCN5)[nH]4)(CC2)CC3)cc1. The van der Waals surface area contributed by atoms with Gasteiger partial charge in [-0.05, 0) is 68.9 Å². The second-order valence-electron chi connectivity index (χ2n) is 8.26. The van der Waals surface area contributed by atoms with Crippen LogP contribution < -0.4 is 5.32 Å². The summed E-state index contributed by atoms with van der Waals surface area (Å²) in [5.41, 5.74) is 3.78. The molecule has 1 aliphatic heterocycles. The summed E-state index contributed by atoms with van der Waals surface area (Å²) in [4.78, 5) is 8.46. The molecule has 1 saturated heterocycles. The highest BCUT2D eigenvalue weighted by atomic mass is 15.0. The van der Waals surface area contributed by atoms with E-state index in [0.29, 0.717) is 16.9 Å². The summed E-state index contributed by atoms with van der Waals surface area (Å²) in [5, 5.41) is 3.56. The monoisotopic (exact) mass is 321 g/mol. The first kappa shape index (κ1) is 14.7. The number of hydrogen-bond acceptors (Lipinski definition) is 2.